The fourth-order valence-corrected chi connectivity index (χ4v) is 3.51. The summed E-state index contributed by atoms with van der Waals surface area (Å²) >= 11 is 8.30. The molecule has 0 atom stereocenters. The van der Waals surface area contributed by atoms with Crippen LogP contribution in [0.3, 0.4) is 0 Å². The number of aliphatic imine (C=N–C) groups is 1. The minimum atomic E-state index is 0.790. The number of anilines is 1. The lowest BCUT2D eigenvalue weighted by atomic mass is 10.2. The average Bonchev–Trinajstić information content (AvgIpc) is 3.12. The fourth-order valence-electron chi connectivity index (χ4n) is 2.39. The van der Waals surface area contributed by atoms with Gasteiger partial charge in [0.1, 0.15) is 0 Å². The standard InChI is InChI=1S/C16H18ClN3S/c1-11-6-9-21-14(11)10-20(16-18-7-8-19-16)13-5-3-4-12(2)15(13)17/h3-6,9H,7-8,10H2,1-2H3,(H,18,19). The summed E-state index contributed by atoms with van der Waals surface area (Å²) in [6.07, 6.45) is 0. The highest BCUT2D eigenvalue weighted by Gasteiger charge is 2.21. The van der Waals surface area contributed by atoms with E-state index in [1.807, 2.05) is 19.1 Å². The van der Waals surface area contributed by atoms with Crippen molar-refractivity contribution in [1.82, 2.24) is 5.32 Å². The number of rotatable bonds is 3. The molecule has 3 rings (SSSR count). The molecular weight excluding hydrogens is 302 g/mol. The second kappa shape index (κ2) is 6.08. The van der Waals surface area contributed by atoms with Gasteiger partial charge < -0.3 is 10.2 Å². The first-order valence-electron chi connectivity index (χ1n) is 7.01. The minimum Gasteiger partial charge on any atom is -0.354 e. The van der Waals surface area contributed by atoms with E-state index in [4.69, 9.17) is 11.6 Å². The summed E-state index contributed by atoms with van der Waals surface area (Å²) in [7, 11) is 0. The molecule has 0 spiro atoms. The molecule has 2 heterocycles. The number of hydrogen-bond acceptors (Lipinski definition) is 4. The van der Waals surface area contributed by atoms with Gasteiger partial charge in [-0.05, 0) is 42.5 Å². The van der Waals surface area contributed by atoms with Crippen LogP contribution in [-0.2, 0) is 6.54 Å². The highest BCUT2D eigenvalue weighted by atomic mass is 35.5. The molecule has 2 aromatic rings. The summed E-state index contributed by atoms with van der Waals surface area (Å²) in [5.41, 5.74) is 3.41. The first-order valence-corrected chi connectivity index (χ1v) is 8.26. The maximum absolute atomic E-state index is 6.53. The summed E-state index contributed by atoms with van der Waals surface area (Å²) in [5, 5.41) is 6.28. The van der Waals surface area contributed by atoms with E-state index in [2.05, 4.69) is 39.6 Å². The highest BCUT2D eigenvalue weighted by molar-refractivity contribution is 7.10. The molecule has 0 aliphatic carbocycles. The van der Waals surface area contributed by atoms with Crippen molar-refractivity contribution in [2.45, 2.75) is 20.4 Å². The first kappa shape index (κ1) is 14.4. The zero-order valence-electron chi connectivity index (χ0n) is 12.2. The number of hydrogen-bond donors (Lipinski definition) is 1. The molecule has 1 aliphatic rings. The Morgan fingerprint density at radius 1 is 1.29 bits per heavy atom. The zero-order chi connectivity index (χ0) is 14.8. The molecule has 1 aliphatic heterocycles. The van der Waals surface area contributed by atoms with Crippen LogP contribution in [0.25, 0.3) is 0 Å². The minimum absolute atomic E-state index is 0.790. The van der Waals surface area contributed by atoms with Crippen LogP contribution in [0.4, 0.5) is 5.69 Å². The van der Waals surface area contributed by atoms with E-state index >= 15 is 0 Å². The summed E-state index contributed by atoms with van der Waals surface area (Å²) in [6, 6.07) is 8.28. The molecule has 0 saturated carbocycles. The molecule has 5 heteroatoms. The van der Waals surface area contributed by atoms with Gasteiger partial charge in [0.2, 0.25) is 0 Å². The Balaban J connectivity index is 2.00. The van der Waals surface area contributed by atoms with Crippen LogP contribution in [0.5, 0.6) is 0 Å². The molecule has 110 valence electrons. The number of nitrogens with zero attached hydrogens (tertiary/aromatic N) is 2. The van der Waals surface area contributed by atoms with Crippen LogP contribution in [0.2, 0.25) is 5.02 Å². The van der Waals surface area contributed by atoms with Crippen molar-refractivity contribution < 1.29 is 0 Å². The maximum atomic E-state index is 6.53. The molecule has 0 fully saturated rings. The van der Waals surface area contributed by atoms with Gasteiger partial charge in [0.05, 0.1) is 23.8 Å². The Morgan fingerprint density at radius 3 is 2.81 bits per heavy atom. The number of aryl methyl sites for hydroxylation is 2. The van der Waals surface area contributed by atoms with Crippen LogP contribution >= 0.6 is 22.9 Å². The number of thiophene rings is 1. The predicted molar refractivity (Wildman–Crippen MR) is 91.7 cm³/mol. The molecule has 21 heavy (non-hydrogen) atoms. The van der Waals surface area contributed by atoms with E-state index in [1.54, 1.807) is 11.3 Å². The summed E-state index contributed by atoms with van der Waals surface area (Å²) in [5.74, 6) is 0.912. The molecule has 3 nitrogen and oxygen atoms in total. The predicted octanol–water partition coefficient (Wildman–Crippen LogP) is 3.98. The molecule has 1 aromatic heterocycles. The van der Waals surface area contributed by atoms with E-state index in [-0.39, 0.29) is 0 Å². The molecule has 0 saturated heterocycles. The van der Waals surface area contributed by atoms with E-state index in [1.165, 1.54) is 10.4 Å². The first-order chi connectivity index (χ1) is 10.2. The SMILES string of the molecule is Cc1ccsc1CN(C1=NCCN1)c1cccc(C)c1Cl. The van der Waals surface area contributed by atoms with Gasteiger partial charge in [-0.2, -0.15) is 0 Å². The third-order valence-corrected chi connectivity index (χ3v) is 5.14. The smallest absolute Gasteiger partial charge is 0.199 e. The zero-order valence-corrected chi connectivity index (χ0v) is 13.8. The summed E-state index contributed by atoms with van der Waals surface area (Å²) < 4.78 is 0. The van der Waals surface area contributed by atoms with Gasteiger partial charge in [0.15, 0.2) is 5.96 Å². The van der Waals surface area contributed by atoms with Gasteiger partial charge in [-0.1, -0.05) is 23.7 Å². The number of halogens is 1. The van der Waals surface area contributed by atoms with E-state index in [0.29, 0.717) is 0 Å². The van der Waals surface area contributed by atoms with E-state index in [9.17, 15) is 0 Å². The van der Waals surface area contributed by atoms with Crippen molar-refractivity contribution in [1.29, 1.82) is 0 Å². The van der Waals surface area contributed by atoms with Crippen molar-refractivity contribution in [3.05, 3.63) is 50.7 Å². The monoisotopic (exact) mass is 319 g/mol. The van der Waals surface area contributed by atoms with Crippen molar-refractivity contribution in [2.75, 3.05) is 18.0 Å². The van der Waals surface area contributed by atoms with Crippen LogP contribution in [0.15, 0.2) is 34.6 Å². The number of nitrogens with one attached hydrogen (secondary N) is 1. The average molecular weight is 320 g/mol. The van der Waals surface area contributed by atoms with Crippen molar-refractivity contribution in [3.8, 4) is 0 Å². The Hall–Kier alpha value is -1.52. The highest BCUT2D eigenvalue weighted by Crippen LogP contribution is 2.31. The Morgan fingerprint density at radius 2 is 2.14 bits per heavy atom. The molecule has 0 bridgehead atoms. The fraction of sp³-hybridized carbons (Fsp3) is 0.312. The van der Waals surface area contributed by atoms with Crippen molar-refractivity contribution in [3.63, 3.8) is 0 Å². The maximum Gasteiger partial charge on any atom is 0.199 e. The lowest BCUT2D eigenvalue weighted by Gasteiger charge is -2.26. The lowest BCUT2D eigenvalue weighted by Crippen LogP contribution is -2.38. The van der Waals surface area contributed by atoms with Gasteiger partial charge in [-0.15, -0.1) is 11.3 Å². The Labute approximate surface area is 134 Å². The second-order valence-electron chi connectivity index (χ2n) is 5.15. The molecule has 0 unspecified atom stereocenters. The van der Waals surface area contributed by atoms with Crippen molar-refractivity contribution >= 4 is 34.6 Å². The number of guanidine groups is 1. The van der Waals surface area contributed by atoms with E-state index in [0.717, 1.165) is 41.9 Å². The molecule has 1 N–H and O–H groups in total. The molecule has 0 amide bonds. The molecule has 1 aromatic carbocycles. The second-order valence-corrected chi connectivity index (χ2v) is 6.53. The van der Waals surface area contributed by atoms with Crippen LogP contribution < -0.4 is 10.2 Å². The van der Waals surface area contributed by atoms with Crippen LogP contribution in [0, 0.1) is 13.8 Å². The molecular formula is C16H18ClN3S. The third kappa shape index (κ3) is 2.92. The molecule has 0 radical (unpaired) electrons. The number of benzene rings is 1. The van der Waals surface area contributed by atoms with Crippen molar-refractivity contribution in [2.24, 2.45) is 4.99 Å². The quantitative estimate of drug-likeness (QED) is 0.926. The van der Waals surface area contributed by atoms with Gasteiger partial charge in [-0.25, -0.2) is 0 Å². The van der Waals surface area contributed by atoms with Gasteiger partial charge in [0, 0.05) is 11.4 Å². The van der Waals surface area contributed by atoms with Gasteiger partial charge in [-0.3, -0.25) is 4.99 Å². The largest absolute Gasteiger partial charge is 0.354 e. The van der Waals surface area contributed by atoms with Crippen LogP contribution in [-0.4, -0.2) is 19.0 Å². The Kier molecular flexibility index (Phi) is 4.17. The van der Waals surface area contributed by atoms with E-state index < -0.39 is 0 Å². The van der Waals surface area contributed by atoms with Gasteiger partial charge >= 0.3 is 0 Å². The Bertz CT molecular complexity index is 678. The summed E-state index contributed by atoms with van der Waals surface area (Å²) in [4.78, 5) is 8.09. The normalized spacial score (nSPS) is 14.0. The van der Waals surface area contributed by atoms with Crippen LogP contribution in [0.1, 0.15) is 16.0 Å². The summed E-state index contributed by atoms with van der Waals surface area (Å²) in [6.45, 7) is 6.67. The topological polar surface area (TPSA) is 27.6 Å². The lowest BCUT2D eigenvalue weighted by molar-refractivity contribution is 0.927. The third-order valence-electron chi connectivity index (χ3n) is 3.64. The van der Waals surface area contributed by atoms with Gasteiger partial charge in [0.25, 0.3) is 0 Å².